The van der Waals surface area contributed by atoms with Gasteiger partial charge in [-0.2, -0.15) is 0 Å². The summed E-state index contributed by atoms with van der Waals surface area (Å²) in [5, 5.41) is 7.39. The van der Waals surface area contributed by atoms with E-state index in [-0.39, 0.29) is 6.61 Å². The number of nitrogens with zero attached hydrogens (tertiary/aromatic N) is 2. The largest absolute Gasteiger partial charge is 0.483 e. The van der Waals surface area contributed by atoms with Gasteiger partial charge in [0.1, 0.15) is 5.75 Å². The Morgan fingerprint density at radius 3 is 2.37 bits per heavy atom. The summed E-state index contributed by atoms with van der Waals surface area (Å²) in [5.74, 6) is 0.107. The van der Waals surface area contributed by atoms with Gasteiger partial charge in [0, 0.05) is 11.1 Å². The van der Waals surface area contributed by atoms with Crippen LogP contribution in [0.5, 0.6) is 5.75 Å². The van der Waals surface area contributed by atoms with Crippen molar-refractivity contribution in [2.75, 3.05) is 6.61 Å². The molecule has 0 aliphatic rings. The van der Waals surface area contributed by atoms with E-state index in [1.807, 2.05) is 32.0 Å². The molecule has 2 amide bonds. The SMILES string of the molecule is Cc1cccc(C)c1OCC(=O)NNC(=O)c1ccc(-c2nnco2)cc1. The summed E-state index contributed by atoms with van der Waals surface area (Å²) in [4.78, 5) is 24.0. The van der Waals surface area contributed by atoms with Crippen LogP contribution in [0.3, 0.4) is 0 Å². The average molecular weight is 366 g/mol. The van der Waals surface area contributed by atoms with Gasteiger partial charge in [-0.05, 0) is 49.2 Å². The predicted molar refractivity (Wildman–Crippen MR) is 96.8 cm³/mol. The van der Waals surface area contributed by atoms with Crippen molar-refractivity contribution >= 4 is 11.8 Å². The second kappa shape index (κ2) is 8.13. The molecule has 1 heterocycles. The average Bonchev–Trinajstić information content (AvgIpc) is 3.20. The van der Waals surface area contributed by atoms with Crippen molar-refractivity contribution in [3.63, 3.8) is 0 Å². The summed E-state index contributed by atoms with van der Waals surface area (Å²) in [6.45, 7) is 3.60. The zero-order valence-electron chi connectivity index (χ0n) is 14.9. The van der Waals surface area contributed by atoms with E-state index in [1.165, 1.54) is 6.39 Å². The van der Waals surface area contributed by atoms with Gasteiger partial charge in [0.25, 0.3) is 11.8 Å². The van der Waals surface area contributed by atoms with E-state index in [0.717, 1.165) is 11.1 Å². The van der Waals surface area contributed by atoms with E-state index >= 15 is 0 Å². The number of hydrogen-bond donors (Lipinski definition) is 2. The first kappa shape index (κ1) is 18.1. The normalized spacial score (nSPS) is 10.3. The van der Waals surface area contributed by atoms with Crippen LogP contribution in [0, 0.1) is 13.8 Å². The number of hydrazine groups is 1. The Bertz CT molecular complexity index is 917. The Kier molecular flexibility index (Phi) is 5.46. The van der Waals surface area contributed by atoms with Gasteiger partial charge in [0.15, 0.2) is 6.61 Å². The number of aromatic nitrogens is 2. The minimum Gasteiger partial charge on any atom is -0.483 e. The monoisotopic (exact) mass is 366 g/mol. The van der Waals surface area contributed by atoms with Gasteiger partial charge in [-0.3, -0.25) is 20.4 Å². The van der Waals surface area contributed by atoms with Gasteiger partial charge in [-0.25, -0.2) is 0 Å². The van der Waals surface area contributed by atoms with E-state index in [0.29, 0.717) is 22.8 Å². The summed E-state index contributed by atoms with van der Waals surface area (Å²) in [6, 6.07) is 12.3. The molecule has 0 unspecified atom stereocenters. The maximum absolute atomic E-state index is 12.1. The lowest BCUT2D eigenvalue weighted by Gasteiger charge is -2.12. The molecule has 8 heteroatoms. The standard InChI is InChI=1S/C19H18N4O4/c1-12-4-3-5-13(2)17(12)26-10-16(24)21-22-18(25)14-6-8-15(9-7-14)19-23-20-11-27-19/h3-9,11H,10H2,1-2H3,(H,21,24)(H,22,25). The van der Waals surface area contributed by atoms with Crippen LogP contribution in [-0.4, -0.2) is 28.6 Å². The van der Waals surface area contributed by atoms with Crippen molar-refractivity contribution in [1.29, 1.82) is 0 Å². The number of amides is 2. The second-order valence-corrected chi connectivity index (χ2v) is 5.83. The Hall–Kier alpha value is -3.68. The summed E-state index contributed by atoms with van der Waals surface area (Å²) >= 11 is 0. The van der Waals surface area contributed by atoms with Crippen molar-refractivity contribution in [3.05, 3.63) is 65.5 Å². The van der Waals surface area contributed by atoms with E-state index in [9.17, 15) is 9.59 Å². The van der Waals surface area contributed by atoms with Gasteiger partial charge < -0.3 is 9.15 Å². The van der Waals surface area contributed by atoms with E-state index < -0.39 is 11.8 Å². The molecule has 3 aromatic rings. The predicted octanol–water partition coefficient (Wildman–Crippen LogP) is 2.19. The number of nitrogens with one attached hydrogen (secondary N) is 2. The van der Waals surface area contributed by atoms with Crippen molar-refractivity contribution in [3.8, 4) is 17.2 Å². The smallest absolute Gasteiger partial charge is 0.276 e. The molecule has 0 saturated heterocycles. The number of carbonyl (C=O) groups is 2. The highest BCUT2D eigenvalue weighted by molar-refractivity contribution is 5.95. The third-order valence-electron chi connectivity index (χ3n) is 3.83. The lowest BCUT2D eigenvalue weighted by Crippen LogP contribution is -2.43. The zero-order valence-corrected chi connectivity index (χ0v) is 14.9. The molecular formula is C19H18N4O4. The first-order valence-corrected chi connectivity index (χ1v) is 8.19. The minimum absolute atomic E-state index is 0.206. The Morgan fingerprint density at radius 2 is 1.74 bits per heavy atom. The first-order valence-electron chi connectivity index (χ1n) is 8.19. The van der Waals surface area contributed by atoms with Crippen molar-refractivity contribution < 1.29 is 18.7 Å². The molecule has 3 rings (SSSR count). The highest BCUT2D eigenvalue weighted by atomic mass is 16.5. The summed E-state index contributed by atoms with van der Waals surface area (Å²) < 4.78 is 10.6. The topological polar surface area (TPSA) is 106 Å². The quantitative estimate of drug-likeness (QED) is 0.671. The van der Waals surface area contributed by atoms with Crippen LogP contribution < -0.4 is 15.6 Å². The molecule has 2 N–H and O–H groups in total. The summed E-state index contributed by atoms with van der Waals surface area (Å²) in [5.41, 5.74) is 7.61. The molecule has 0 atom stereocenters. The molecule has 27 heavy (non-hydrogen) atoms. The Balaban J connectivity index is 1.50. The highest BCUT2D eigenvalue weighted by Gasteiger charge is 2.11. The number of carbonyl (C=O) groups excluding carboxylic acids is 2. The Morgan fingerprint density at radius 1 is 1.04 bits per heavy atom. The molecule has 0 radical (unpaired) electrons. The molecular weight excluding hydrogens is 348 g/mol. The molecule has 0 fully saturated rings. The van der Waals surface area contributed by atoms with Crippen LogP contribution >= 0.6 is 0 Å². The molecule has 0 spiro atoms. The lowest BCUT2D eigenvalue weighted by molar-refractivity contribution is -0.123. The number of rotatable bonds is 5. The lowest BCUT2D eigenvalue weighted by atomic mass is 10.1. The van der Waals surface area contributed by atoms with Crippen LogP contribution in [0.2, 0.25) is 0 Å². The van der Waals surface area contributed by atoms with Crippen LogP contribution in [0.4, 0.5) is 0 Å². The number of ether oxygens (including phenoxy) is 1. The minimum atomic E-state index is -0.464. The van der Waals surface area contributed by atoms with Gasteiger partial charge in [0.05, 0.1) is 0 Å². The van der Waals surface area contributed by atoms with Gasteiger partial charge in [-0.15, -0.1) is 10.2 Å². The molecule has 0 aliphatic heterocycles. The van der Waals surface area contributed by atoms with Gasteiger partial charge in [0.2, 0.25) is 12.3 Å². The second-order valence-electron chi connectivity index (χ2n) is 5.83. The molecule has 8 nitrogen and oxygen atoms in total. The van der Waals surface area contributed by atoms with E-state index in [2.05, 4.69) is 21.0 Å². The highest BCUT2D eigenvalue weighted by Crippen LogP contribution is 2.22. The molecule has 0 aliphatic carbocycles. The van der Waals surface area contributed by atoms with Crippen LogP contribution in [0.15, 0.2) is 53.3 Å². The fourth-order valence-electron chi connectivity index (χ4n) is 2.46. The number of benzene rings is 2. The number of para-hydroxylation sites is 1. The van der Waals surface area contributed by atoms with Crippen LogP contribution in [-0.2, 0) is 4.79 Å². The third kappa shape index (κ3) is 4.49. The third-order valence-corrected chi connectivity index (χ3v) is 3.83. The van der Waals surface area contributed by atoms with Crippen molar-refractivity contribution in [2.45, 2.75) is 13.8 Å². The summed E-state index contributed by atoms with van der Waals surface area (Å²) in [7, 11) is 0. The molecule has 1 aromatic heterocycles. The summed E-state index contributed by atoms with van der Waals surface area (Å²) in [6.07, 6.45) is 1.23. The maximum atomic E-state index is 12.1. The molecule has 0 bridgehead atoms. The maximum Gasteiger partial charge on any atom is 0.276 e. The van der Waals surface area contributed by atoms with Gasteiger partial charge >= 0.3 is 0 Å². The fraction of sp³-hybridized carbons (Fsp3) is 0.158. The van der Waals surface area contributed by atoms with Crippen LogP contribution in [0.25, 0.3) is 11.5 Å². The Labute approximate surface area is 155 Å². The number of aryl methyl sites for hydroxylation is 2. The molecule has 138 valence electrons. The fourth-order valence-corrected chi connectivity index (χ4v) is 2.46. The van der Waals surface area contributed by atoms with E-state index in [1.54, 1.807) is 24.3 Å². The van der Waals surface area contributed by atoms with Crippen LogP contribution in [0.1, 0.15) is 21.5 Å². The van der Waals surface area contributed by atoms with E-state index in [4.69, 9.17) is 9.15 Å². The van der Waals surface area contributed by atoms with Crippen molar-refractivity contribution in [1.82, 2.24) is 21.0 Å². The first-order chi connectivity index (χ1) is 13.0. The van der Waals surface area contributed by atoms with Crippen molar-refractivity contribution in [2.24, 2.45) is 0 Å². The van der Waals surface area contributed by atoms with Gasteiger partial charge in [-0.1, -0.05) is 18.2 Å². The zero-order chi connectivity index (χ0) is 19.2. The molecule has 0 saturated carbocycles. The number of hydrogen-bond acceptors (Lipinski definition) is 6. The molecule has 2 aromatic carbocycles.